The maximum Gasteiger partial charge on any atom is 0.186 e. The fourth-order valence-electron chi connectivity index (χ4n) is 2.46. The first-order valence-corrected chi connectivity index (χ1v) is 9.49. The van der Waals surface area contributed by atoms with Crippen molar-refractivity contribution in [1.29, 1.82) is 0 Å². The minimum atomic E-state index is 0.704. The molecule has 1 fully saturated rings. The summed E-state index contributed by atoms with van der Waals surface area (Å²) in [5, 5.41) is 6.82. The Morgan fingerprint density at radius 1 is 1.38 bits per heavy atom. The second kappa shape index (κ2) is 6.90. The predicted octanol–water partition coefficient (Wildman–Crippen LogP) is 4.05. The summed E-state index contributed by atoms with van der Waals surface area (Å²) in [7, 11) is 0. The number of aryl methyl sites for hydroxylation is 1. The molecule has 2 heterocycles. The second-order valence-electron chi connectivity index (χ2n) is 5.44. The van der Waals surface area contributed by atoms with Gasteiger partial charge in [-0.2, -0.15) is 0 Å². The van der Waals surface area contributed by atoms with E-state index >= 15 is 0 Å². The lowest BCUT2D eigenvalue weighted by Gasteiger charge is -2.20. The minimum absolute atomic E-state index is 0.704. The van der Waals surface area contributed by atoms with E-state index in [1.807, 2.05) is 22.7 Å². The van der Waals surface area contributed by atoms with Crippen LogP contribution in [0.4, 0.5) is 5.13 Å². The molecular formula is C16H23N3S2. The van der Waals surface area contributed by atoms with Gasteiger partial charge >= 0.3 is 0 Å². The standard InChI is InChI=1S/C16H23N3S2/c1-3-14-15(10-17-4-2)21-16(18-14)19(12-7-8-12)11-13-6-5-9-20-13/h5-6,9,12,17H,3-4,7-8,10-11H2,1-2H3. The average Bonchev–Trinajstić information content (AvgIpc) is 3.05. The van der Waals surface area contributed by atoms with E-state index in [0.29, 0.717) is 6.04 Å². The molecule has 0 atom stereocenters. The third-order valence-corrected chi connectivity index (χ3v) is 5.77. The van der Waals surface area contributed by atoms with Crippen LogP contribution in [0.5, 0.6) is 0 Å². The van der Waals surface area contributed by atoms with Gasteiger partial charge in [-0.15, -0.1) is 22.7 Å². The Kier molecular flexibility index (Phi) is 4.93. The van der Waals surface area contributed by atoms with E-state index in [2.05, 4.69) is 41.6 Å². The molecule has 0 saturated heterocycles. The molecule has 0 radical (unpaired) electrons. The number of anilines is 1. The summed E-state index contributed by atoms with van der Waals surface area (Å²) < 4.78 is 0. The molecule has 0 bridgehead atoms. The van der Waals surface area contributed by atoms with E-state index in [4.69, 9.17) is 4.98 Å². The molecule has 0 unspecified atom stereocenters. The fraction of sp³-hybridized carbons (Fsp3) is 0.562. The molecule has 1 aliphatic rings. The monoisotopic (exact) mass is 321 g/mol. The SMILES string of the molecule is CCNCc1sc(N(Cc2cccs2)C2CC2)nc1CC. The van der Waals surface area contributed by atoms with Crippen molar-refractivity contribution in [3.05, 3.63) is 33.0 Å². The number of rotatable bonds is 8. The first kappa shape index (κ1) is 15.0. The van der Waals surface area contributed by atoms with Crippen LogP contribution in [0.25, 0.3) is 0 Å². The number of thiazole rings is 1. The van der Waals surface area contributed by atoms with Crippen LogP contribution in [0.2, 0.25) is 0 Å². The van der Waals surface area contributed by atoms with Gasteiger partial charge in [0, 0.05) is 22.3 Å². The van der Waals surface area contributed by atoms with Gasteiger partial charge in [-0.1, -0.05) is 19.9 Å². The van der Waals surface area contributed by atoms with Crippen LogP contribution < -0.4 is 10.2 Å². The van der Waals surface area contributed by atoms with Crippen LogP contribution in [0.3, 0.4) is 0 Å². The molecule has 3 nitrogen and oxygen atoms in total. The molecule has 1 N–H and O–H groups in total. The van der Waals surface area contributed by atoms with Crippen molar-refractivity contribution in [2.75, 3.05) is 11.4 Å². The predicted molar refractivity (Wildman–Crippen MR) is 92.4 cm³/mol. The Hall–Kier alpha value is -0.910. The number of hydrogen-bond donors (Lipinski definition) is 1. The highest BCUT2D eigenvalue weighted by molar-refractivity contribution is 7.15. The van der Waals surface area contributed by atoms with Crippen LogP contribution in [-0.4, -0.2) is 17.6 Å². The van der Waals surface area contributed by atoms with Gasteiger partial charge in [0.1, 0.15) is 0 Å². The summed E-state index contributed by atoms with van der Waals surface area (Å²) in [6.07, 6.45) is 3.65. The van der Waals surface area contributed by atoms with E-state index in [-0.39, 0.29) is 0 Å². The Morgan fingerprint density at radius 2 is 2.24 bits per heavy atom. The lowest BCUT2D eigenvalue weighted by Crippen LogP contribution is -2.24. The maximum atomic E-state index is 4.93. The summed E-state index contributed by atoms with van der Waals surface area (Å²) >= 11 is 3.72. The zero-order valence-corrected chi connectivity index (χ0v) is 14.4. The second-order valence-corrected chi connectivity index (χ2v) is 7.53. The molecule has 0 spiro atoms. The smallest absolute Gasteiger partial charge is 0.186 e. The van der Waals surface area contributed by atoms with Crippen molar-refractivity contribution in [3.63, 3.8) is 0 Å². The largest absolute Gasteiger partial charge is 0.340 e. The number of hydrogen-bond acceptors (Lipinski definition) is 5. The zero-order valence-electron chi connectivity index (χ0n) is 12.8. The minimum Gasteiger partial charge on any atom is -0.340 e. The third kappa shape index (κ3) is 3.65. The summed E-state index contributed by atoms with van der Waals surface area (Å²) in [5.74, 6) is 0. The van der Waals surface area contributed by atoms with E-state index in [1.165, 1.54) is 33.4 Å². The van der Waals surface area contributed by atoms with Crippen LogP contribution in [-0.2, 0) is 19.5 Å². The molecule has 5 heteroatoms. The van der Waals surface area contributed by atoms with Crippen molar-refractivity contribution in [3.8, 4) is 0 Å². The lowest BCUT2D eigenvalue weighted by atomic mass is 10.3. The van der Waals surface area contributed by atoms with Crippen molar-refractivity contribution < 1.29 is 0 Å². The molecule has 21 heavy (non-hydrogen) atoms. The van der Waals surface area contributed by atoms with Gasteiger partial charge in [0.05, 0.1) is 12.2 Å². The Bertz CT molecular complexity index is 558. The number of nitrogens with zero attached hydrogens (tertiary/aromatic N) is 2. The van der Waals surface area contributed by atoms with E-state index in [9.17, 15) is 0 Å². The lowest BCUT2D eigenvalue weighted by molar-refractivity contribution is 0.727. The molecule has 2 aromatic heterocycles. The van der Waals surface area contributed by atoms with Gasteiger partial charge in [0.15, 0.2) is 5.13 Å². The zero-order chi connectivity index (χ0) is 14.7. The molecule has 0 amide bonds. The average molecular weight is 322 g/mol. The summed E-state index contributed by atoms with van der Waals surface area (Å²) in [5.41, 5.74) is 1.27. The number of nitrogens with one attached hydrogen (secondary N) is 1. The Balaban J connectivity index is 1.80. The molecule has 0 aromatic carbocycles. The quantitative estimate of drug-likeness (QED) is 0.795. The van der Waals surface area contributed by atoms with Crippen molar-refractivity contribution in [1.82, 2.24) is 10.3 Å². The number of aromatic nitrogens is 1. The first-order chi connectivity index (χ1) is 10.3. The Labute approximate surface area is 135 Å². The van der Waals surface area contributed by atoms with Gasteiger partial charge in [-0.3, -0.25) is 0 Å². The molecular weight excluding hydrogens is 298 g/mol. The first-order valence-electron chi connectivity index (χ1n) is 7.80. The van der Waals surface area contributed by atoms with E-state index in [0.717, 1.165) is 26.1 Å². The van der Waals surface area contributed by atoms with E-state index in [1.54, 1.807) is 0 Å². The van der Waals surface area contributed by atoms with Gasteiger partial charge in [0.2, 0.25) is 0 Å². The van der Waals surface area contributed by atoms with Crippen LogP contribution in [0, 0.1) is 0 Å². The molecule has 114 valence electrons. The highest BCUT2D eigenvalue weighted by Crippen LogP contribution is 2.37. The summed E-state index contributed by atoms with van der Waals surface area (Å²) in [6.45, 7) is 7.34. The van der Waals surface area contributed by atoms with Gasteiger partial charge in [-0.05, 0) is 37.3 Å². The van der Waals surface area contributed by atoms with Crippen LogP contribution in [0.15, 0.2) is 17.5 Å². The molecule has 0 aliphatic heterocycles. The highest BCUT2D eigenvalue weighted by Gasteiger charge is 2.31. The van der Waals surface area contributed by atoms with Crippen LogP contribution >= 0.6 is 22.7 Å². The molecule has 2 aromatic rings. The van der Waals surface area contributed by atoms with Gasteiger partial charge in [0.25, 0.3) is 0 Å². The van der Waals surface area contributed by atoms with Crippen molar-refractivity contribution in [2.24, 2.45) is 0 Å². The van der Waals surface area contributed by atoms with Crippen molar-refractivity contribution in [2.45, 2.75) is 52.2 Å². The maximum absolute atomic E-state index is 4.93. The topological polar surface area (TPSA) is 28.2 Å². The van der Waals surface area contributed by atoms with E-state index < -0.39 is 0 Å². The number of thiophene rings is 1. The molecule has 1 aliphatic carbocycles. The summed E-state index contributed by atoms with van der Waals surface area (Å²) in [6, 6.07) is 5.07. The Morgan fingerprint density at radius 3 is 2.86 bits per heavy atom. The molecule has 1 saturated carbocycles. The van der Waals surface area contributed by atoms with Crippen LogP contribution in [0.1, 0.15) is 42.1 Å². The highest BCUT2D eigenvalue weighted by atomic mass is 32.1. The van der Waals surface area contributed by atoms with Gasteiger partial charge in [-0.25, -0.2) is 4.98 Å². The third-order valence-electron chi connectivity index (χ3n) is 3.78. The summed E-state index contributed by atoms with van der Waals surface area (Å²) in [4.78, 5) is 10.3. The fourth-order valence-corrected chi connectivity index (χ4v) is 4.35. The normalized spacial score (nSPS) is 14.6. The van der Waals surface area contributed by atoms with Gasteiger partial charge < -0.3 is 10.2 Å². The van der Waals surface area contributed by atoms with Crippen molar-refractivity contribution >= 4 is 27.8 Å². The molecule has 3 rings (SSSR count).